The van der Waals surface area contributed by atoms with Crippen molar-refractivity contribution in [1.29, 1.82) is 0 Å². The number of amides is 2. The number of carbonyl (C=O) groups is 3. The van der Waals surface area contributed by atoms with E-state index in [1.54, 1.807) is 6.92 Å². The second-order valence-corrected chi connectivity index (χ2v) is 6.43. The molecule has 1 aromatic carbocycles. The first-order chi connectivity index (χ1) is 11.9. The lowest BCUT2D eigenvalue weighted by Gasteiger charge is -2.27. The van der Waals surface area contributed by atoms with E-state index in [1.807, 2.05) is 0 Å². The number of ether oxygens (including phenoxy) is 1. The van der Waals surface area contributed by atoms with E-state index in [2.05, 4.69) is 10.6 Å². The van der Waals surface area contributed by atoms with E-state index in [0.717, 1.165) is 0 Å². The standard InChI is InChI=1S/C15H17N3O6S/c1-2-24-15(21)11-8-25-12(14(20)17-11)7-13(19)16-9-3-5-10(6-4-9)18(22)23/h3-6,11-12H,2,7-8H2,1H3,(H,16,19)(H,17,20). The van der Waals surface area contributed by atoms with Gasteiger partial charge >= 0.3 is 5.97 Å². The third kappa shape index (κ3) is 5.18. The van der Waals surface area contributed by atoms with Crippen LogP contribution in [-0.2, 0) is 19.1 Å². The molecule has 9 nitrogen and oxygen atoms in total. The number of hydrogen-bond donors (Lipinski definition) is 2. The van der Waals surface area contributed by atoms with Crippen molar-refractivity contribution in [2.24, 2.45) is 0 Å². The van der Waals surface area contributed by atoms with Crippen molar-refractivity contribution in [1.82, 2.24) is 5.32 Å². The fourth-order valence-electron chi connectivity index (χ4n) is 2.16. The SMILES string of the molecule is CCOC(=O)C1CSC(CC(=O)Nc2ccc([N+](=O)[O-])cc2)C(=O)N1. The Morgan fingerprint density at radius 3 is 2.64 bits per heavy atom. The van der Waals surface area contributed by atoms with E-state index in [9.17, 15) is 24.5 Å². The van der Waals surface area contributed by atoms with Gasteiger partial charge in [0.05, 0.1) is 16.8 Å². The van der Waals surface area contributed by atoms with Crippen molar-refractivity contribution < 1.29 is 24.0 Å². The van der Waals surface area contributed by atoms with Crippen LogP contribution in [-0.4, -0.2) is 46.4 Å². The smallest absolute Gasteiger partial charge is 0.329 e. The van der Waals surface area contributed by atoms with Crippen LogP contribution in [0.1, 0.15) is 13.3 Å². The first kappa shape index (κ1) is 18.7. The van der Waals surface area contributed by atoms with Crippen LogP contribution in [0, 0.1) is 10.1 Å². The minimum absolute atomic E-state index is 0.0664. The maximum atomic E-state index is 12.0. The zero-order valence-electron chi connectivity index (χ0n) is 13.4. The summed E-state index contributed by atoms with van der Waals surface area (Å²) in [5.41, 5.74) is 0.325. The molecule has 134 valence electrons. The molecular weight excluding hydrogens is 350 g/mol. The molecule has 1 fully saturated rings. The Balaban J connectivity index is 1.85. The molecule has 2 atom stereocenters. The van der Waals surface area contributed by atoms with Gasteiger partial charge in [-0.15, -0.1) is 11.8 Å². The number of non-ortho nitro benzene ring substituents is 1. The largest absolute Gasteiger partial charge is 0.464 e. The molecular formula is C15H17N3O6S. The van der Waals surface area contributed by atoms with Crippen LogP contribution < -0.4 is 10.6 Å². The first-order valence-electron chi connectivity index (χ1n) is 7.53. The van der Waals surface area contributed by atoms with Gasteiger partial charge in [-0.05, 0) is 19.1 Å². The summed E-state index contributed by atoms with van der Waals surface area (Å²) >= 11 is 1.22. The number of nitrogens with zero attached hydrogens (tertiary/aromatic N) is 1. The molecule has 1 aliphatic heterocycles. The predicted octanol–water partition coefficient (Wildman–Crippen LogP) is 1.09. The van der Waals surface area contributed by atoms with Gasteiger partial charge in [0.2, 0.25) is 11.8 Å². The number of nitro groups is 1. The van der Waals surface area contributed by atoms with Gasteiger partial charge in [0.1, 0.15) is 6.04 Å². The average molecular weight is 367 g/mol. The quantitative estimate of drug-likeness (QED) is 0.437. The first-order valence-corrected chi connectivity index (χ1v) is 8.58. The van der Waals surface area contributed by atoms with Crippen molar-refractivity contribution in [3.63, 3.8) is 0 Å². The number of nitrogens with one attached hydrogen (secondary N) is 2. The predicted molar refractivity (Wildman–Crippen MR) is 91.2 cm³/mol. The molecule has 2 N–H and O–H groups in total. The lowest BCUT2D eigenvalue weighted by atomic mass is 10.2. The maximum absolute atomic E-state index is 12.0. The molecule has 1 aliphatic rings. The molecule has 2 rings (SSSR count). The molecule has 0 aromatic heterocycles. The molecule has 0 spiro atoms. The van der Waals surface area contributed by atoms with Crippen LogP contribution in [0.4, 0.5) is 11.4 Å². The van der Waals surface area contributed by atoms with Gasteiger partial charge in [-0.2, -0.15) is 0 Å². The van der Waals surface area contributed by atoms with E-state index in [-0.39, 0.29) is 18.7 Å². The summed E-state index contributed by atoms with van der Waals surface area (Å²) in [4.78, 5) is 45.7. The Kier molecular flexibility index (Phi) is 6.34. The maximum Gasteiger partial charge on any atom is 0.329 e. The van der Waals surface area contributed by atoms with Crippen LogP contribution >= 0.6 is 11.8 Å². The molecule has 10 heteroatoms. The number of hydrogen-bond acceptors (Lipinski definition) is 7. The highest BCUT2D eigenvalue weighted by atomic mass is 32.2. The second kappa shape index (κ2) is 8.47. The van der Waals surface area contributed by atoms with Crippen LogP contribution in [0.15, 0.2) is 24.3 Å². The van der Waals surface area contributed by atoms with Gasteiger partial charge in [0.25, 0.3) is 5.69 Å². The third-order valence-electron chi connectivity index (χ3n) is 3.38. The summed E-state index contributed by atoms with van der Waals surface area (Å²) in [7, 11) is 0. The number of anilines is 1. The van der Waals surface area contributed by atoms with E-state index >= 15 is 0 Å². The fraction of sp³-hybridized carbons (Fsp3) is 0.400. The molecule has 2 unspecified atom stereocenters. The Morgan fingerprint density at radius 2 is 2.08 bits per heavy atom. The second-order valence-electron chi connectivity index (χ2n) is 5.19. The summed E-state index contributed by atoms with van der Waals surface area (Å²) in [6, 6.07) is 4.69. The Labute approximate surface area is 147 Å². The van der Waals surface area contributed by atoms with Gasteiger partial charge < -0.3 is 15.4 Å². The molecule has 0 aliphatic carbocycles. The van der Waals surface area contributed by atoms with Gasteiger partial charge in [-0.1, -0.05) is 0 Å². The Bertz CT molecular complexity index is 678. The Hall–Kier alpha value is -2.62. The summed E-state index contributed by atoms with van der Waals surface area (Å²) in [6.07, 6.45) is -0.0664. The zero-order valence-corrected chi connectivity index (χ0v) is 14.2. The molecule has 1 saturated heterocycles. The highest BCUT2D eigenvalue weighted by Gasteiger charge is 2.34. The van der Waals surface area contributed by atoms with E-state index in [1.165, 1.54) is 36.0 Å². The number of esters is 1. The number of thioether (sulfide) groups is 1. The fourth-order valence-corrected chi connectivity index (χ4v) is 3.30. The molecule has 0 bridgehead atoms. The van der Waals surface area contributed by atoms with Crippen molar-refractivity contribution in [2.75, 3.05) is 17.7 Å². The number of rotatable bonds is 6. The molecule has 2 amide bonds. The van der Waals surface area contributed by atoms with E-state index < -0.39 is 34.0 Å². The Morgan fingerprint density at radius 1 is 1.40 bits per heavy atom. The monoisotopic (exact) mass is 367 g/mol. The minimum Gasteiger partial charge on any atom is -0.464 e. The summed E-state index contributed by atoms with van der Waals surface area (Å²) in [6.45, 7) is 1.91. The number of nitro benzene ring substituents is 1. The molecule has 0 saturated carbocycles. The van der Waals surface area contributed by atoms with Crippen molar-refractivity contribution in [3.05, 3.63) is 34.4 Å². The summed E-state index contributed by atoms with van der Waals surface area (Å²) in [5.74, 6) is -0.943. The van der Waals surface area contributed by atoms with Crippen LogP contribution in [0.25, 0.3) is 0 Å². The van der Waals surface area contributed by atoms with Gasteiger partial charge in [-0.3, -0.25) is 19.7 Å². The number of benzene rings is 1. The van der Waals surface area contributed by atoms with Crippen molar-refractivity contribution in [3.8, 4) is 0 Å². The van der Waals surface area contributed by atoms with Crippen LogP contribution in [0.5, 0.6) is 0 Å². The molecule has 1 aromatic rings. The van der Waals surface area contributed by atoms with E-state index in [4.69, 9.17) is 4.74 Å². The lowest BCUT2D eigenvalue weighted by molar-refractivity contribution is -0.384. The molecule has 25 heavy (non-hydrogen) atoms. The third-order valence-corrected chi connectivity index (χ3v) is 4.69. The van der Waals surface area contributed by atoms with Crippen LogP contribution in [0.2, 0.25) is 0 Å². The van der Waals surface area contributed by atoms with Crippen molar-refractivity contribution >= 4 is 40.9 Å². The van der Waals surface area contributed by atoms with Crippen LogP contribution in [0.3, 0.4) is 0 Å². The molecule has 1 heterocycles. The summed E-state index contributed by atoms with van der Waals surface area (Å²) in [5, 5.41) is 15.1. The highest BCUT2D eigenvalue weighted by molar-refractivity contribution is 8.00. The lowest BCUT2D eigenvalue weighted by Crippen LogP contribution is -2.51. The van der Waals surface area contributed by atoms with Gasteiger partial charge in [-0.25, -0.2) is 4.79 Å². The molecule has 0 radical (unpaired) electrons. The number of carbonyl (C=O) groups excluding carboxylic acids is 3. The summed E-state index contributed by atoms with van der Waals surface area (Å²) < 4.78 is 4.86. The zero-order chi connectivity index (χ0) is 18.4. The average Bonchev–Trinajstić information content (AvgIpc) is 2.57. The van der Waals surface area contributed by atoms with Gasteiger partial charge in [0, 0.05) is 30.0 Å². The van der Waals surface area contributed by atoms with Crippen molar-refractivity contribution in [2.45, 2.75) is 24.6 Å². The van der Waals surface area contributed by atoms with Gasteiger partial charge in [0.15, 0.2) is 0 Å². The normalized spacial score (nSPS) is 19.6. The topological polar surface area (TPSA) is 128 Å². The minimum atomic E-state index is -0.702. The highest BCUT2D eigenvalue weighted by Crippen LogP contribution is 2.22. The van der Waals surface area contributed by atoms with E-state index in [0.29, 0.717) is 11.4 Å².